The molecule has 0 N–H and O–H groups in total. The monoisotopic (exact) mass is 144 g/mol. The molecule has 0 bridgehead atoms. The summed E-state index contributed by atoms with van der Waals surface area (Å²) < 4.78 is 0. The van der Waals surface area contributed by atoms with Crippen LogP contribution in [0.2, 0.25) is 0 Å². The van der Waals surface area contributed by atoms with E-state index in [1.807, 2.05) is 12.1 Å². The average molecular weight is 144 g/mol. The highest BCUT2D eigenvalue weighted by atomic mass is 16.3. The van der Waals surface area contributed by atoms with Gasteiger partial charge in [0.1, 0.15) is 0 Å². The number of hydrogen-bond acceptors (Lipinski definition) is 1. The van der Waals surface area contributed by atoms with Crippen LogP contribution in [0.5, 0.6) is 5.75 Å². The normalized spacial score (nSPS) is 10.2. The lowest BCUT2D eigenvalue weighted by molar-refractivity contribution is 0.355. The second kappa shape index (κ2) is 2.23. The first kappa shape index (κ1) is 6.16. The van der Waals surface area contributed by atoms with E-state index in [0.717, 1.165) is 10.9 Å². The largest absolute Gasteiger partial charge is 0.290 e. The molecule has 0 amide bonds. The van der Waals surface area contributed by atoms with Gasteiger partial charge in [-0.25, -0.2) is 0 Å². The zero-order chi connectivity index (χ0) is 7.68. The molecule has 1 heterocycles. The fourth-order valence-corrected chi connectivity index (χ4v) is 1.05. The van der Waals surface area contributed by atoms with E-state index in [9.17, 15) is 5.11 Å². The number of benzene rings is 1. The van der Waals surface area contributed by atoms with E-state index in [2.05, 4.69) is 4.98 Å². The summed E-state index contributed by atoms with van der Waals surface area (Å²) >= 11 is 0. The highest BCUT2D eigenvalue weighted by molar-refractivity contribution is 5.79. The van der Waals surface area contributed by atoms with Crippen LogP contribution in [0.15, 0.2) is 36.5 Å². The van der Waals surface area contributed by atoms with E-state index in [1.165, 1.54) is 6.07 Å². The van der Waals surface area contributed by atoms with Crippen molar-refractivity contribution in [1.82, 2.24) is 4.98 Å². The first-order valence-electron chi connectivity index (χ1n) is 3.38. The molecule has 0 fully saturated rings. The van der Waals surface area contributed by atoms with Crippen LogP contribution in [0.3, 0.4) is 0 Å². The maximum absolute atomic E-state index is 10.9. The van der Waals surface area contributed by atoms with Gasteiger partial charge in [-0.3, -0.25) is 10.1 Å². The van der Waals surface area contributed by atoms with E-state index in [-0.39, 0.29) is 5.75 Å². The number of rotatable bonds is 0. The van der Waals surface area contributed by atoms with E-state index in [1.54, 1.807) is 18.3 Å². The summed E-state index contributed by atoms with van der Waals surface area (Å²) in [7, 11) is 0. The van der Waals surface area contributed by atoms with Crippen molar-refractivity contribution in [3.05, 3.63) is 36.5 Å². The van der Waals surface area contributed by atoms with Crippen LogP contribution < -0.4 is 0 Å². The van der Waals surface area contributed by atoms with Crippen LogP contribution in [-0.4, -0.2) is 4.98 Å². The lowest BCUT2D eigenvalue weighted by atomic mass is 10.2. The SMILES string of the molecule is [O]c1ccc2ncccc2c1. The Balaban J connectivity index is 2.83. The van der Waals surface area contributed by atoms with Crippen molar-refractivity contribution in [1.29, 1.82) is 0 Å². The molecule has 2 nitrogen and oxygen atoms in total. The molecule has 0 atom stereocenters. The third-order valence-electron chi connectivity index (χ3n) is 1.57. The molecule has 0 spiro atoms. The molecule has 0 saturated carbocycles. The fourth-order valence-electron chi connectivity index (χ4n) is 1.05. The van der Waals surface area contributed by atoms with Crippen molar-refractivity contribution in [2.24, 2.45) is 0 Å². The van der Waals surface area contributed by atoms with E-state index in [0.29, 0.717) is 0 Å². The van der Waals surface area contributed by atoms with Gasteiger partial charge in [0.05, 0.1) is 5.52 Å². The van der Waals surface area contributed by atoms with Crippen LogP contribution in [0.1, 0.15) is 0 Å². The lowest BCUT2D eigenvalue weighted by Gasteiger charge is -1.93. The highest BCUT2D eigenvalue weighted by Gasteiger charge is 1.94. The minimum absolute atomic E-state index is 0.0329. The summed E-state index contributed by atoms with van der Waals surface area (Å²) in [5, 5.41) is 11.8. The first-order valence-corrected chi connectivity index (χ1v) is 3.38. The van der Waals surface area contributed by atoms with Crippen molar-refractivity contribution in [3.8, 4) is 5.75 Å². The molecule has 0 aliphatic heterocycles. The topological polar surface area (TPSA) is 32.8 Å². The third-order valence-corrected chi connectivity index (χ3v) is 1.57. The highest BCUT2D eigenvalue weighted by Crippen LogP contribution is 2.17. The quantitative estimate of drug-likeness (QED) is 0.558. The van der Waals surface area contributed by atoms with E-state index < -0.39 is 0 Å². The van der Waals surface area contributed by atoms with Crippen molar-refractivity contribution < 1.29 is 5.11 Å². The van der Waals surface area contributed by atoms with Gasteiger partial charge in [-0.2, -0.15) is 0 Å². The predicted octanol–water partition coefficient (Wildman–Crippen LogP) is 2.38. The van der Waals surface area contributed by atoms with Crippen molar-refractivity contribution in [2.45, 2.75) is 0 Å². The Morgan fingerprint density at radius 1 is 1.18 bits per heavy atom. The van der Waals surface area contributed by atoms with Gasteiger partial charge in [0.2, 0.25) is 0 Å². The Hall–Kier alpha value is -1.57. The van der Waals surface area contributed by atoms with Gasteiger partial charge >= 0.3 is 0 Å². The van der Waals surface area contributed by atoms with Gasteiger partial charge in [-0.1, -0.05) is 6.07 Å². The molecule has 2 rings (SSSR count). The summed E-state index contributed by atoms with van der Waals surface area (Å²) in [4.78, 5) is 4.08. The fraction of sp³-hybridized carbons (Fsp3) is 0. The van der Waals surface area contributed by atoms with Crippen LogP contribution >= 0.6 is 0 Å². The molecule has 1 aromatic heterocycles. The standard InChI is InChI=1S/C9H6NO/c11-8-3-4-9-7(6-8)2-1-5-10-9/h1-6H. The zero-order valence-corrected chi connectivity index (χ0v) is 5.82. The predicted molar refractivity (Wildman–Crippen MR) is 41.9 cm³/mol. The van der Waals surface area contributed by atoms with Crippen LogP contribution in [0.25, 0.3) is 10.9 Å². The van der Waals surface area contributed by atoms with Gasteiger partial charge in [-0.15, -0.1) is 0 Å². The molecule has 2 aromatic rings. The van der Waals surface area contributed by atoms with Gasteiger partial charge < -0.3 is 0 Å². The van der Waals surface area contributed by atoms with Gasteiger partial charge in [0.15, 0.2) is 5.75 Å². The number of fused-ring (bicyclic) bond motifs is 1. The van der Waals surface area contributed by atoms with Gasteiger partial charge in [0.25, 0.3) is 0 Å². The Morgan fingerprint density at radius 3 is 3.00 bits per heavy atom. The molecule has 53 valence electrons. The maximum Gasteiger partial charge on any atom is 0.179 e. The summed E-state index contributed by atoms with van der Waals surface area (Å²) in [5.74, 6) is 0.0329. The van der Waals surface area contributed by atoms with Crippen LogP contribution in [-0.2, 0) is 5.11 Å². The molecule has 0 aliphatic carbocycles. The van der Waals surface area contributed by atoms with E-state index >= 15 is 0 Å². The number of pyridine rings is 1. The van der Waals surface area contributed by atoms with Crippen LogP contribution in [0, 0.1) is 0 Å². The summed E-state index contributed by atoms with van der Waals surface area (Å²) in [6.07, 6.45) is 1.72. The molecule has 0 aliphatic rings. The molecule has 11 heavy (non-hydrogen) atoms. The summed E-state index contributed by atoms with van der Waals surface area (Å²) in [5.41, 5.74) is 0.868. The second-order valence-electron chi connectivity index (χ2n) is 2.36. The van der Waals surface area contributed by atoms with Crippen molar-refractivity contribution >= 4 is 10.9 Å². The van der Waals surface area contributed by atoms with Gasteiger partial charge in [-0.05, 0) is 24.3 Å². The third kappa shape index (κ3) is 1.03. The number of hydrogen-bond donors (Lipinski definition) is 0. The number of aromatic nitrogens is 1. The molecule has 2 heteroatoms. The minimum atomic E-state index is 0.0329. The Morgan fingerprint density at radius 2 is 2.09 bits per heavy atom. The van der Waals surface area contributed by atoms with Crippen molar-refractivity contribution in [3.63, 3.8) is 0 Å². The van der Waals surface area contributed by atoms with Crippen LogP contribution in [0.4, 0.5) is 0 Å². The molecular weight excluding hydrogens is 138 g/mol. The number of nitrogens with zero attached hydrogens (tertiary/aromatic N) is 1. The molecule has 1 radical (unpaired) electrons. The summed E-state index contributed by atoms with van der Waals surface area (Å²) in [6, 6.07) is 8.54. The Labute approximate surface area is 64.1 Å². The average Bonchev–Trinajstić information content (AvgIpc) is 2.04. The second-order valence-corrected chi connectivity index (χ2v) is 2.36. The molecule has 0 unspecified atom stereocenters. The maximum atomic E-state index is 10.9. The first-order chi connectivity index (χ1) is 5.36. The van der Waals surface area contributed by atoms with Gasteiger partial charge in [0, 0.05) is 11.6 Å². The summed E-state index contributed by atoms with van der Waals surface area (Å²) in [6.45, 7) is 0. The molecule has 0 saturated heterocycles. The zero-order valence-electron chi connectivity index (χ0n) is 5.82. The smallest absolute Gasteiger partial charge is 0.179 e. The lowest BCUT2D eigenvalue weighted by Crippen LogP contribution is -1.74. The van der Waals surface area contributed by atoms with E-state index in [4.69, 9.17) is 0 Å². The molecule has 1 aromatic carbocycles. The Bertz CT molecular complexity index is 384. The Kier molecular flexibility index (Phi) is 1.25. The molecular formula is C9H6NO. The minimum Gasteiger partial charge on any atom is -0.290 e. The van der Waals surface area contributed by atoms with Crippen molar-refractivity contribution in [2.75, 3.05) is 0 Å².